The van der Waals surface area contributed by atoms with E-state index in [9.17, 15) is 14.4 Å². The maximum absolute atomic E-state index is 12.4. The average molecular weight is 474 g/mol. The number of anilines is 1. The first-order valence-electron chi connectivity index (χ1n) is 9.61. The Bertz CT molecular complexity index is 946. The minimum absolute atomic E-state index is 0.0965. The summed E-state index contributed by atoms with van der Waals surface area (Å²) >= 11 is 3.45. The maximum atomic E-state index is 12.4. The molecule has 2 N–H and O–H groups in total. The molecular formula is C22H24BrN3O4. The predicted molar refractivity (Wildman–Crippen MR) is 117 cm³/mol. The Labute approximate surface area is 183 Å². The Hall–Kier alpha value is -2.87. The highest BCUT2D eigenvalue weighted by Crippen LogP contribution is 2.28. The lowest BCUT2D eigenvalue weighted by Crippen LogP contribution is -2.40. The second kappa shape index (κ2) is 9.75. The van der Waals surface area contributed by atoms with Crippen LogP contribution in [0.3, 0.4) is 0 Å². The lowest BCUT2D eigenvalue weighted by molar-refractivity contribution is -0.129. The molecule has 1 saturated heterocycles. The molecule has 1 aliphatic heterocycles. The zero-order chi connectivity index (χ0) is 21.7. The monoisotopic (exact) mass is 473 g/mol. The van der Waals surface area contributed by atoms with E-state index in [1.165, 1.54) is 0 Å². The highest BCUT2D eigenvalue weighted by atomic mass is 79.9. The van der Waals surface area contributed by atoms with E-state index in [1.54, 1.807) is 12.0 Å². The van der Waals surface area contributed by atoms with Crippen molar-refractivity contribution in [1.82, 2.24) is 10.6 Å². The van der Waals surface area contributed by atoms with Crippen LogP contribution in [-0.4, -0.2) is 37.9 Å². The van der Waals surface area contributed by atoms with E-state index < -0.39 is 5.92 Å². The van der Waals surface area contributed by atoms with E-state index in [-0.39, 0.29) is 30.7 Å². The number of rotatable bonds is 7. The van der Waals surface area contributed by atoms with Gasteiger partial charge in [0, 0.05) is 29.7 Å². The molecule has 0 saturated carbocycles. The molecule has 1 fully saturated rings. The summed E-state index contributed by atoms with van der Waals surface area (Å²) in [6, 6.07) is 13.0. The number of methoxy groups -OCH3 is 1. The second-order valence-electron chi connectivity index (χ2n) is 7.18. The Morgan fingerprint density at radius 2 is 1.90 bits per heavy atom. The van der Waals surface area contributed by atoms with Crippen molar-refractivity contribution in [2.75, 3.05) is 25.1 Å². The molecule has 7 nitrogen and oxygen atoms in total. The molecule has 1 unspecified atom stereocenters. The normalized spacial score (nSPS) is 15.8. The van der Waals surface area contributed by atoms with Crippen molar-refractivity contribution in [2.45, 2.75) is 19.9 Å². The molecule has 1 atom stereocenters. The zero-order valence-electron chi connectivity index (χ0n) is 16.9. The van der Waals surface area contributed by atoms with E-state index in [4.69, 9.17) is 4.74 Å². The van der Waals surface area contributed by atoms with E-state index in [0.717, 1.165) is 27.0 Å². The number of hydrogen-bond acceptors (Lipinski definition) is 4. The van der Waals surface area contributed by atoms with Gasteiger partial charge in [0.15, 0.2) is 0 Å². The van der Waals surface area contributed by atoms with Crippen LogP contribution in [0.25, 0.3) is 0 Å². The van der Waals surface area contributed by atoms with Gasteiger partial charge in [-0.25, -0.2) is 0 Å². The predicted octanol–water partition coefficient (Wildman–Crippen LogP) is 2.55. The molecule has 0 bridgehead atoms. The van der Waals surface area contributed by atoms with Gasteiger partial charge in [0.25, 0.3) is 0 Å². The number of amides is 3. The summed E-state index contributed by atoms with van der Waals surface area (Å²) in [6.45, 7) is 2.48. The van der Waals surface area contributed by atoms with E-state index in [2.05, 4.69) is 26.6 Å². The van der Waals surface area contributed by atoms with E-state index >= 15 is 0 Å². The lowest BCUT2D eigenvalue weighted by atomic mass is 10.1. The lowest BCUT2D eigenvalue weighted by Gasteiger charge is -2.17. The van der Waals surface area contributed by atoms with Crippen LogP contribution in [0.4, 0.5) is 5.69 Å². The number of ether oxygens (including phenoxy) is 1. The van der Waals surface area contributed by atoms with Crippen molar-refractivity contribution in [3.05, 3.63) is 58.1 Å². The molecule has 3 amide bonds. The van der Waals surface area contributed by atoms with Crippen molar-refractivity contribution < 1.29 is 19.1 Å². The first kappa shape index (κ1) is 21.8. The van der Waals surface area contributed by atoms with Crippen LogP contribution in [0, 0.1) is 12.8 Å². The van der Waals surface area contributed by atoms with Gasteiger partial charge in [-0.05, 0) is 48.4 Å². The average Bonchev–Trinajstić information content (AvgIpc) is 3.14. The van der Waals surface area contributed by atoms with Crippen molar-refractivity contribution in [1.29, 1.82) is 0 Å². The van der Waals surface area contributed by atoms with Crippen LogP contribution >= 0.6 is 15.9 Å². The third-order valence-electron chi connectivity index (χ3n) is 5.02. The molecule has 1 aliphatic rings. The van der Waals surface area contributed by atoms with Crippen molar-refractivity contribution in [3.63, 3.8) is 0 Å². The van der Waals surface area contributed by atoms with Crippen LogP contribution in [-0.2, 0) is 20.9 Å². The number of carbonyl (C=O) groups excluding carboxylic acids is 3. The Balaban J connectivity index is 1.46. The fourth-order valence-corrected chi connectivity index (χ4v) is 3.49. The fraction of sp³-hybridized carbons (Fsp3) is 0.318. The summed E-state index contributed by atoms with van der Waals surface area (Å²) in [4.78, 5) is 38.5. The molecular weight excluding hydrogens is 450 g/mol. The number of carbonyl (C=O) groups is 3. The number of aryl methyl sites for hydroxylation is 1. The largest absolute Gasteiger partial charge is 0.497 e. The molecule has 0 radical (unpaired) electrons. The third-order valence-corrected chi connectivity index (χ3v) is 5.91. The number of halogens is 1. The molecule has 2 aromatic carbocycles. The molecule has 0 spiro atoms. The van der Waals surface area contributed by atoms with E-state index in [1.807, 2.05) is 49.4 Å². The molecule has 158 valence electrons. The van der Waals surface area contributed by atoms with Crippen LogP contribution in [0.5, 0.6) is 5.75 Å². The first-order valence-corrected chi connectivity index (χ1v) is 10.4. The summed E-state index contributed by atoms with van der Waals surface area (Å²) < 4.78 is 6.06. The van der Waals surface area contributed by atoms with Gasteiger partial charge < -0.3 is 20.3 Å². The summed E-state index contributed by atoms with van der Waals surface area (Å²) in [5.74, 6) is -0.407. The van der Waals surface area contributed by atoms with Crippen LogP contribution in [0.2, 0.25) is 0 Å². The number of nitrogens with one attached hydrogen (secondary N) is 2. The van der Waals surface area contributed by atoms with E-state index in [0.29, 0.717) is 13.1 Å². The molecule has 0 aliphatic carbocycles. The molecule has 2 aromatic rings. The molecule has 3 rings (SSSR count). The molecule has 1 heterocycles. The minimum Gasteiger partial charge on any atom is -0.497 e. The van der Waals surface area contributed by atoms with Gasteiger partial charge in [-0.3, -0.25) is 14.4 Å². The fourth-order valence-electron chi connectivity index (χ4n) is 3.25. The van der Waals surface area contributed by atoms with Gasteiger partial charge in [0.2, 0.25) is 17.7 Å². The van der Waals surface area contributed by atoms with Crippen molar-refractivity contribution >= 4 is 39.3 Å². The SMILES string of the molecule is COc1ccc(CNC(=O)CNC(=O)C2CC(=O)N(c3ccc(Br)c(C)c3)C2)cc1. The van der Waals surface area contributed by atoms with Crippen molar-refractivity contribution in [2.24, 2.45) is 5.92 Å². The number of benzene rings is 2. The van der Waals surface area contributed by atoms with Gasteiger partial charge in [-0.15, -0.1) is 0 Å². The van der Waals surface area contributed by atoms with Gasteiger partial charge in [-0.2, -0.15) is 0 Å². The maximum Gasteiger partial charge on any atom is 0.239 e. The molecule has 8 heteroatoms. The van der Waals surface area contributed by atoms with Gasteiger partial charge >= 0.3 is 0 Å². The number of hydrogen-bond donors (Lipinski definition) is 2. The highest BCUT2D eigenvalue weighted by Gasteiger charge is 2.35. The third kappa shape index (κ3) is 5.38. The van der Waals surface area contributed by atoms with Crippen LogP contribution < -0.4 is 20.3 Å². The summed E-state index contributed by atoms with van der Waals surface area (Å²) in [7, 11) is 1.59. The van der Waals surface area contributed by atoms with Crippen LogP contribution in [0.15, 0.2) is 46.9 Å². The molecule has 30 heavy (non-hydrogen) atoms. The first-order chi connectivity index (χ1) is 14.4. The second-order valence-corrected chi connectivity index (χ2v) is 8.04. The number of nitrogens with zero attached hydrogens (tertiary/aromatic N) is 1. The standard InChI is InChI=1S/C22H24BrN3O4/c1-14-9-17(5-8-19(14)23)26-13-16(10-21(26)28)22(29)25-12-20(27)24-11-15-3-6-18(30-2)7-4-15/h3-9,16H,10-13H2,1-2H3,(H,24,27)(H,25,29). The van der Waals surface area contributed by atoms with Crippen LogP contribution in [0.1, 0.15) is 17.5 Å². The van der Waals surface area contributed by atoms with Gasteiger partial charge in [0.05, 0.1) is 19.6 Å². The topological polar surface area (TPSA) is 87.7 Å². The van der Waals surface area contributed by atoms with Gasteiger partial charge in [-0.1, -0.05) is 28.1 Å². The quantitative estimate of drug-likeness (QED) is 0.646. The summed E-state index contributed by atoms with van der Waals surface area (Å²) in [6.07, 6.45) is 0.133. The Morgan fingerprint density at radius 1 is 1.17 bits per heavy atom. The van der Waals surface area contributed by atoms with Gasteiger partial charge in [0.1, 0.15) is 5.75 Å². The summed E-state index contributed by atoms with van der Waals surface area (Å²) in [5, 5.41) is 5.40. The minimum atomic E-state index is -0.476. The Kier molecular flexibility index (Phi) is 7.10. The Morgan fingerprint density at radius 3 is 2.57 bits per heavy atom. The molecule has 0 aromatic heterocycles. The zero-order valence-corrected chi connectivity index (χ0v) is 18.5. The summed E-state index contributed by atoms with van der Waals surface area (Å²) in [5.41, 5.74) is 2.72. The van der Waals surface area contributed by atoms with Crippen molar-refractivity contribution in [3.8, 4) is 5.75 Å². The highest BCUT2D eigenvalue weighted by molar-refractivity contribution is 9.10. The smallest absolute Gasteiger partial charge is 0.239 e.